The molecule has 0 aromatic carbocycles. The van der Waals surface area contributed by atoms with Gasteiger partial charge in [0.05, 0.1) is 12.0 Å². The van der Waals surface area contributed by atoms with Gasteiger partial charge in [-0.1, -0.05) is 0 Å². The lowest BCUT2D eigenvalue weighted by Crippen LogP contribution is -2.27. The highest BCUT2D eigenvalue weighted by molar-refractivity contribution is 4.98. The Morgan fingerprint density at radius 3 is 1.78 bits per heavy atom. The summed E-state index contributed by atoms with van der Waals surface area (Å²) in [5.41, 5.74) is -1.83. The summed E-state index contributed by atoms with van der Waals surface area (Å²) in [5, 5.41) is 9.94. The number of alkyl halides is 3. The summed E-state index contributed by atoms with van der Waals surface area (Å²) in [7, 11) is 0. The summed E-state index contributed by atoms with van der Waals surface area (Å²) in [6.45, 7) is -1.00. The minimum Gasteiger partial charge on any atom is -0.236 e. The molecule has 0 aromatic rings. The van der Waals surface area contributed by atoms with Gasteiger partial charge >= 0.3 is 6.18 Å². The predicted molar refractivity (Wildman–Crippen MR) is 23.3 cm³/mol. The Morgan fingerprint density at radius 2 is 1.78 bits per heavy atom. The zero-order valence-electron chi connectivity index (χ0n) is 4.66. The average molecular weight is 139 g/mol. The maximum Gasteiger partial charge on any atom is 0.396 e. The first kappa shape index (κ1) is 6.86. The second kappa shape index (κ2) is 1.62. The molecule has 0 unspecified atom stereocenters. The van der Waals surface area contributed by atoms with E-state index in [-0.39, 0.29) is 12.8 Å². The van der Waals surface area contributed by atoms with Gasteiger partial charge in [-0.2, -0.15) is 13.2 Å². The average Bonchev–Trinajstić information content (AvgIpc) is 2.40. The Labute approximate surface area is 50.5 Å². The minimum absolute atomic E-state index is 0.0278. The molecule has 1 aliphatic rings. The molecule has 1 fully saturated rings. The van der Waals surface area contributed by atoms with Crippen molar-refractivity contribution in [3.8, 4) is 0 Å². The quantitative estimate of drug-likeness (QED) is 0.527. The first-order valence-electron chi connectivity index (χ1n) is 2.67. The van der Waals surface area contributed by atoms with Crippen LogP contribution >= 0.6 is 0 Å². The summed E-state index contributed by atoms with van der Waals surface area (Å²) in [4.78, 5) is 0. The molecular weight excluding hydrogens is 133 g/mol. The van der Waals surface area contributed by atoms with Crippen LogP contribution < -0.4 is 0 Å². The molecule has 1 saturated carbocycles. The Morgan fingerprint density at radius 1 is 1.33 bits per heavy atom. The van der Waals surface area contributed by atoms with Crippen LogP contribution in [0, 0.1) is 5.41 Å². The third kappa shape index (κ3) is 0.913. The Balaban J connectivity index is 2.60. The molecular formula is C5H6F3O. The van der Waals surface area contributed by atoms with Gasteiger partial charge in [0.15, 0.2) is 0 Å². The molecule has 0 spiro atoms. The van der Waals surface area contributed by atoms with E-state index in [0.29, 0.717) is 0 Å². The molecule has 0 N–H and O–H groups in total. The van der Waals surface area contributed by atoms with Gasteiger partial charge in [-0.25, -0.2) is 5.11 Å². The van der Waals surface area contributed by atoms with Gasteiger partial charge in [0.25, 0.3) is 0 Å². The second-order valence-electron chi connectivity index (χ2n) is 2.42. The Bertz CT molecular complexity index is 114. The summed E-state index contributed by atoms with van der Waals surface area (Å²) >= 11 is 0. The van der Waals surface area contributed by atoms with Crippen molar-refractivity contribution in [2.24, 2.45) is 5.41 Å². The summed E-state index contributed by atoms with van der Waals surface area (Å²) in [6, 6.07) is 0. The Hall–Kier alpha value is -0.250. The molecule has 53 valence electrons. The van der Waals surface area contributed by atoms with Crippen molar-refractivity contribution < 1.29 is 18.3 Å². The van der Waals surface area contributed by atoms with Crippen LogP contribution in [0.2, 0.25) is 0 Å². The van der Waals surface area contributed by atoms with Crippen molar-refractivity contribution in [3.63, 3.8) is 0 Å². The van der Waals surface area contributed by atoms with E-state index in [1.807, 2.05) is 0 Å². The highest BCUT2D eigenvalue weighted by atomic mass is 19.4. The van der Waals surface area contributed by atoms with Crippen LogP contribution in [0.3, 0.4) is 0 Å². The summed E-state index contributed by atoms with van der Waals surface area (Å²) in [5.74, 6) is 0. The molecule has 0 aliphatic heterocycles. The first-order valence-corrected chi connectivity index (χ1v) is 2.67. The van der Waals surface area contributed by atoms with E-state index in [4.69, 9.17) is 0 Å². The van der Waals surface area contributed by atoms with Crippen molar-refractivity contribution in [2.45, 2.75) is 19.0 Å². The van der Waals surface area contributed by atoms with Crippen LogP contribution in [0.1, 0.15) is 12.8 Å². The maximum atomic E-state index is 11.7. The van der Waals surface area contributed by atoms with Crippen LogP contribution in [0.15, 0.2) is 0 Å². The molecule has 0 saturated heterocycles. The lowest BCUT2D eigenvalue weighted by molar-refractivity contribution is -0.201. The van der Waals surface area contributed by atoms with Crippen LogP contribution in [0.4, 0.5) is 13.2 Å². The second-order valence-corrected chi connectivity index (χ2v) is 2.42. The lowest BCUT2D eigenvalue weighted by Gasteiger charge is -2.13. The van der Waals surface area contributed by atoms with Gasteiger partial charge < -0.3 is 0 Å². The zero-order chi connectivity index (χ0) is 7.12. The molecule has 9 heavy (non-hydrogen) atoms. The molecule has 1 rings (SSSR count). The number of rotatable bonds is 1. The maximum absolute atomic E-state index is 11.7. The summed E-state index contributed by atoms with van der Waals surface area (Å²) in [6.07, 6.45) is -4.20. The third-order valence-corrected chi connectivity index (χ3v) is 1.73. The minimum atomic E-state index is -4.26. The van der Waals surface area contributed by atoms with E-state index in [1.54, 1.807) is 0 Å². The van der Waals surface area contributed by atoms with Gasteiger partial charge in [-0.15, -0.1) is 0 Å². The molecule has 0 amide bonds. The lowest BCUT2D eigenvalue weighted by atomic mass is 10.1. The van der Waals surface area contributed by atoms with Gasteiger partial charge in [0.2, 0.25) is 0 Å². The monoisotopic (exact) mass is 139 g/mol. The normalized spacial score (nSPS) is 24.0. The standard InChI is InChI=1S/C5H6F3O/c6-5(7,8)4(3-9)1-2-4/h1-3H2. The van der Waals surface area contributed by atoms with Gasteiger partial charge in [0.1, 0.15) is 0 Å². The van der Waals surface area contributed by atoms with E-state index >= 15 is 0 Å². The van der Waals surface area contributed by atoms with Crippen molar-refractivity contribution >= 4 is 0 Å². The third-order valence-electron chi connectivity index (χ3n) is 1.73. The number of hydrogen-bond acceptors (Lipinski definition) is 0. The van der Waals surface area contributed by atoms with E-state index in [2.05, 4.69) is 0 Å². The van der Waals surface area contributed by atoms with Gasteiger partial charge in [-0.3, -0.25) is 0 Å². The molecule has 0 heterocycles. The van der Waals surface area contributed by atoms with Crippen molar-refractivity contribution in [1.29, 1.82) is 0 Å². The van der Waals surface area contributed by atoms with Crippen molar-refractivity contribution in [1.82, 2.24) is 0 Å². The van der Waals surface area contributed by atoms with E-state index < -0.39 is 18.2 Å². The van der Waals surface area contributed by atoms with Crippen LogP contribution in [-0.4, -0.2) is 12.8 Å². The van der Waals surface area contributed by atoms with E-state index in [9.17, 15) is 18.3 Å². The molecule has 1 aliphatic carbocycles. The SMILES string of the molecule is [O]CC1(C(F)(F)F)CC1. The fraction of sp³-hybridized carbons (Fsp3) is 1.00. The summed E-state index contributed by atoms with van der Waals surface area (Å²) < 4.78 is 35.1. The first-order chi connectivity index (χ1) is 4.02. The van der Waals surface area contributed by atoms with Gasteiger partial charge in [0, 0.05) is 0 Å². The van der Waals surface area contributed by atoms with Crippen molar-refractivity contribution in [3.05, 3.63) is 0 Å². The van der Waals surface area contributed by atoms with Crippen molar-refractivity contribution in [2.75, 3.05) is 6.61 Å². The van der Waals surface area contributed by atoms with E-state index in [0.717, 1.165) is 0 Å². The van der Waals surface area contributed by atoms with Crippen LogP contribution in [0.5, 0.6) is 0 Å². The topological polar surface area (TPSA) is 19.9 Å². The Kier molecular flexibility index (Phi) is 1.24. The molecule has 1 nitrogen and oxygen atoms in total. The fourth-order valence-corrected chi connectivity index (χ4v) is 0.661. The van der Waals surface area contributed by atoms with E-state index in [1.165, 1.54) is 0 Å². The molecule has 0 bridgehead atoms. The van der Waals surface area contributed by atoms with Gasteiger partial charge in [-0.05, 0) is 12.8 Å². The highest BCUT2D eigenvalue weighted by Crippen LogP contribution is 2.57. The fourth-order valence-electron chi connectivity index (χ4n) is 0.661. The van der Waals surface area contributed by atoms with Crippen LogP contribution in [-0.2, 0) is 5.11 Å². The highest BCUT2D eigenvalue weighted by Gasteiger charge is 2.63. The van der Waals surface area contributed by atoms with Crippen LogP contribution in [0.25, 0.3) is 0 Å². The molecule has 0 aromatic heterocycles. The zero-order valence-corrected chi connectivity index (χ0v) is 4.66. The largest absolute Gasteiger partial charge is 0.396 e. The number of halogens is 3. The number of hydrogen-bond donors (Lipinski definition) is 0. The predicted octanol–water partition coefficient (Wildman–Crippen LogP) is 1.76. The molecule has 1 radical (unpaired) electrons. The molecule has 4 heteroatoms. The molecule has 0 atom stereocenters. The smallest absolute Gasteiger partial charge is 0.236 e.